The van der Waals surface area contributed by atoms with Crippen LogP contribution in [0.2, 0.25) is 0 Å². The Labute approximate surface area is 85.7 Å². The molecular formula is C12H19NO. The number of hydrogen-bond acceptors (Lipinski definition) is 2. The van der Waals surface area contributed by atoms with Gasteiger partial charge >= 0.3 is 0 Å². The number of nitrogens with zero attached hydrogens (tertiary/aromatic N) is 1. The van der Waals surface area contributed by atoms with Crippen molar-refractivity contribution in [3.05, 3.63) is 17.8 Å². The van der Waals surface area contributed by atoms with E-state index in [2.05, 4.69) is 11.9 Å². The van der Waals surface area contributed by atoms with Gasteiger partial charge in [0.1, 0.15) is 6.26 Å². The van der Waals surface area contributed by atoms with Crippen molar-refractivity contribution in [3.63, 3.8) is 0 Å². The highest BCUT2D eigenvalue weighted by Gasteiger charge is 2.24. The van der Waals surface area contributed by atoms with Gasteiger partial charge in [0.05, 0.1) is 5.69 Å². The summed E-state index contributed by atoms with van der Waals surface area (Å²) >= 11 is 0. The standard InChI is InChI=1S/C12H19NO/c1-3-10-4-6-11(7-5-10)12-13-9(2)8-14-12/h8,10-11H,3-7H2,1-2H3/t10-,11-. The first-order valence-corrected chi connectivity index (χ1v) is 5.71. The summed E-state index contributed by atoms with van der Waals surface area (Å²) in [6.45, 7) is 4.28. The highest BCUT2D eigenvalue weighted by molar-refractivity contribution is 5.00. The van der Waals surface area contributed by atoms with Crippen LogP contribution in [0.3, 0.4) is 0 Å². The van der Waals surface area contributed by atoms with Crippen LogP contribution in [-0.4, -0.2) is 4.98 Å². The molecular weight excluding hydrogens is 174 g/mol. The third kappa shape index (κ3) is 1.99. The maximum atomic E-state index is 5.46. The lowest BCUT2D eigenvalue weighted by molar-refractivity contribution is 0.287. The molecule has 1 aliphatic carbocycles. The van der Waals surface area contributed by atoms with Crippen molar-refractivity contribution in [2.75, 3.05) is 0 Å². The second-order valence-corrected chi connectivity index (χ2v) is 4.45. The fourth-order valence-electron chi connectivity index (χ4n) is 2.38. The Hall–Kier alpha value is -0.790. The van der Waals surface area contributed by atoms with Crippen molar-refractivity contribution in [1.82, 2.24) is 4.98 Å². The summed E-state index contributed by atoms with van der Waals surface area (Å²) in [5.41, 5.74) is 1.01. The van der Waals surface area contributed by atoms with E-state index in [1.54, 1.807) is 6.26 Å². The lowest BCUT2D eigenvalue weighted by atomic mass is 9.81. The zero-order valence-electron chi connectivity index (χ0n) is 9.12. The van der Waals surface area contributed by atoms with E-state index in [4.69, 9.17) is 4.42 Å². The molecule has 0 saturated heterocycles. The van der Waals surface area contributed by atoms with Crippen LogP contribution >= 0.6 is 0 Å². The Morgan fingerprint density at radius 1 is 1.36 bits per heavy atom. The van der Waals surface area contributed by atoms with E-state index < -0.39 is 0 Å². The molecule has 0 aliphatic heterocycles. The maximum absolute atomic E-state index is 5.46. The molecule has 2 rings (SSSR count). The molecule has 78 valence electrons. The van der Waals surface area contributed by atoms with Gasteiger partial charge in [-0.1, -0.05) is 13.3 Å². The summed E-state index contributed by atoms with van der Waals surface area (Å²) in [6.07, 6.45) is 8.32. The van der Waals surface area contributed by atoms with E-state index in [9.17, 15) is 0 Å². The molecule has 0 bridgehead atoms. The van der Waals surface area contributed by atoms with Gasteiger partial charge < -0.3 is 4.42 Å². The first-order chi connectivity index (χ1) is 6.79. The molecule has 2 heteroatoms. The summed E-state index contributed by atoms with van der Waals surface area (Å²) in [6, 6.07) is 0. The first kappa shape index (κ1) is 9.75. The highest BCUT2D eigenvalue weighted by atomic mass is 16.3. The summed E-state index contributed by atoms with van der Waals surface area (Å²) < 4.78 is 5.46. The number of oxazole rings is 1. The Morgan fingerprint density at radius 2 is 2.07 bits per heavy atom. The van der Waals surface area contributed by atoms with Gasteiger partial charge in [-0.25, -0.2) is 4.98 Å². The van der Waals surface area contributed by atoms with Gasteiger partial charge in [-0.2, -0.15) is 0 Å². The Bertz CT molecular complexity index is 284. The smallest absolute Gasteiger partial charge is 0.197 e. The SMILES string of the molecule is CC[C@H]1CC[C@H](c2nc(C)co2)CC1. The van der Waals surface area contributed by atoms with Crippen molar-refractivity contribution in [2.24, 2.45) is 5.92 Å². The minimum absolute atomic E-state index is 0.589. The molecule has 1 aromatic rings. The van der Waals surface area contributed by atoms with Crippen LogP contribution in [0.5, 0.6) is 0 Å². The van der Waals surface area contributed by atoms with Gasteiger partial charge in [0, 0.05) is 5.92 Å². The number of aryl methyl sites for hydroxylation is 1. The van der Waals surface area contributed by atoms with Crippen LogP contribution in [-0.2, 0) is 0 Å². The Morgan fingerprint density at radius 3 is 2.57 bits per heavy atom. The van der Waals surface area contributed by atoms with Crippen molar-refractivity contribution < 1.29 is 4.42 Å². The number of aromatic nitrogens is 1. The fraction of sp³-hybridized carbons (Fsp3) is 0.750. The van der Waals surface area contributed by atoms with Crippen LogP contribution in [0.4, 0.5) is 0 Å². The normalized spacial score (nSPS) is 27.9. The molecule has 0 N–H and O–H groups in total. The molecule has 14 heavy (non-hydrogen) atoms. The van der Waals surface area contributed by atoms with E-state index >= 15 is 0 Å². The Kier molecular flexibility index (Phi) is 2.90. The van der Waals surface area contributed by atoms with Gasteiger partial charge in [-0.15, -0.1) is 0 Å². The van der Waals surface area contributed by atoms with Gasteiger partial charge in [-0.05, 0) is 38.5 Å². The van der Waals surface area contributed by atoms with Crippen molar-refractivity contribution in [2.45, 2.75) is 51.9 Å². The maximum Gasteiger partial charge on any atom is 0.197 e. The van der Waals surface area contributed by atoms with Gasteiger partial charge in [0.15, 0.2) is 5.89 Å². The second-order valence-electron chi connectivity index (χ2n) is 4.45. The molecule has 0 spiro atoms. The summed E-state index contributed by atoms with van der Waals surface area (Å²) in [4.78, 5) is 4.42. The zero-order valence-corrected chi connectivity index (χ0v) is 9.12. The number of rotatable bonds is 2. The molecule has 1 fully saturated rings. The Balaban J connectivity index is 1.95. The molecule has 0 amide bonds. The molecule has 0 radical (unpaired) electrons. The number of hydrogen-bond donors (Lipinski definition) is 0. The summed E-state index contributed by atoms with van der Waals surface area (Å²) in [7, 11) is 0. The molecule has 1 aliphatic rings. The first-order valence-electron chi connectivity index (χ1n) is 5.71. The summed E-state index contributed by atoms with van der Waals surface area (Å²) in [5, 5.41) is 0. The van der Waals surface area contributed by atoms with E-state index in [1.807, 2.05) is 6.92 Å². The van der Waals surface area contributed by atoms with Crippen molar-refractivity contribution in [3.8, 4) is 0 Å². The van der Waals surface area contributed by atoms with Gasteiger partial charge in [0.25, 0.3) is 0 Å². The minimum atomic E-state index is 0.589. The summed E-state index contributed by atoms with van der Waals surface area (Å²) in [5.74, 6) is 2.51. The minimum Gasteiger partial charge on any atom is -0.448 e. The average molecular weight is 193 g/mol. The van der Waals surface area contributed by atoms with E-state index in [-0.39, 0.29) is 0 Å². The quantitative estimate of drug-likeness (QED) is 0.716. The molecule has 1 saturated carbocycles. The monoisotopic (exact) mass is 193 g/mol. The third-order valence-electron chi connectivity index (χ3n) is 3.41. The van der Waals surface area contributed by atoms with Crippen LogP contribution in [0.15, 0.2) is 10.7 Å². The highest BCUT2D eigenvalue weighted by Crippen LogP contribution is 2.36. The predicted molar refractivity (Wildman–Crippen MR) is 56.2 cm³/mol. The second kappa shape index (κ2) is 4.16. The van der Waals surface area contributed by atoms with Crippen molar-refractivity contribution >= 4 is 0 Å². The fourth-order valence-corrected chi connectivity index (χ4v) is 2.38. The van der Waals surface area contributed by atoms with Crippen LogP contribution in [0, 0.1) is 12.8 Å². The van der Waals surface area contributed by atoms with E-state index in [1.165, 1.54) is 32.1 Å². The zero-order chi connectivity index (χ0) is 9.97. The van der Waals surface area contributed by atoms with Crippen LogP contribution in [0.25, 0.3) is 0 Å². The lowest BCUT2D eigenvalue weighted by Crippen LogP contribution is -2.12. The van der Waals surface area contributed by atoms with E-state index in [0.29, 0.717) is 5.92 Å². The molecule has 2 nitrogen and oxygen atoms in total. The molecule has 1 aromatic heterocycles. The average Bonchev–Trinajstić information content (AvgIpc) is 2.65. The molecule has 0 aromatic carbocycles. The largest absolute Gasteiger partial charge is 0.448 e. The topological polar surface area (TPSA) is 26.0 Å². The van der Waals surface area contributed by atoms with Crippen LogP contribution in [0.1, 0.15) is 56.5 Å². The lowest BCUT2D eigenvalue weighted by Gasteiger charge is -2.25. The van der Waals surface area contributed by atoms with Gasteiger partial charge in [0.2, 0.25) is 0 Å². The van der Waals surface area contributed by atoms with Crippen LogP contribution < -0.4 is 0 Å². The molecule has 0 unspecified atom stereocenters. The molecule has 1 heterocycles. The third-order valence-corrected chi connectivity index (χ3v) is 3.41. The van der Waals surface area contributed by atoms with Gasteiger partial charge in [-0.3, -0.25) is 0 Å². The van der Waals surface area contributed by atoms with Crippen molar-refractivity contribution in [1.29, 1.82) is 0 Å². The van der Waals surface area contributed by atoms with E-state index in [0.717, 1.165) is 17.5 Å². The molecule has 0 atom stereocenters. The predicted octanol–water partition coefficient (Wildman–Crippen LogP) is 3.67.